The smallest absolute Gasteiger partial charge is 0.333 e. The molecule has 160 valence electrons. The number of thiophene rings is 1. The Labute approximate surface area is 174 Å². The van der Waals surface area contributed by atoms with E-state index in [0.717, 1.165) is 15.9 Å². The van der Waals surface area contributed by atoms with E-state index in [1.807, 2.05) is 0 Å². The Morgan fingerprint density at radius 1 is 1.33 bits per heavy atom. The Hall–Kier alpha value is -3.14. The molecule has 0 aliphatic heterocycles. The molecule has 0 aliphatic rings. The number of carboxylic acid groups (broad SMARTS) is 1. The van der Waals surface area contributed by atoms with Gasteiger partial charge in [-0.05, 0) is 56.5 Å². The van der Waals surface area contributed by atoms with Gasteiger partial charge in [-0.15, -0.1) is 0 Å². The van der Waals surface area contributed by atoms with Gasteiger partial charge in [0.05, 0.1) is 17.5 Å². The highest BCUT2D eigenvalue weighted by atomic mass is 32.1. The number of ether oxygens (including phenoxy) is 1. The number of fused-ring (bicyclic) bond motifs is 1. The van der Waals surface area contributed by atoms with Crippen molar-refractivity contribution < 1.29 is 19.0 Å². The van der Waals surface area contributed by atoms with Gasteiger partial charge in [0, 0.05) is 6.54 Å². The number of carboxylic acids is 1. The first-order valence-corrected chi connectivity index (χ1v) is 9.93. The first-order chi connectivity index (χ1) is 14.0. The average molecular weight is 435 g/mol. The summed E-state index contributed by atoms with van der Waals surface area (Å²) in [5.41, 5.74) is 3.79. The van der Waals surface area contributed by atoms with Gasteiger partial charge in [-0.2, -0.15) is 0 Å². The molecule has 1 aromatic carbocycles. The normalized spacial score (nSPS) is 11.8. The number of anilines is 1. The number of aromatic nitrogens is 2. The van der Waals surface area contributed by atoms with Crippen molar-refractivity contribution in [2.24, 2.45) is 0 Å². The maximum atomic E-state index is 13.7. The van der Waals surface area contributed by atoms with E-state index in [1.165, 1.54) is 43.7 Å². The molecule has 2 heterocycles. The van der Waals surface area contributed by atoms with Crippen molar-refractivity contribution in [3.05, 3.63) is 56.0 Å². The Morgan fingerprint density at radius 3 is 2.60 bits per heavy atom. The molecule has 8 nitrogen and oxygen atoms in total. The fourth-order valence-electron chi connectivity index (χ4n) is 3.32. The molecule has 0 spiro atoms. The minimum Gasteiger partial charge on any atom is -0.496 e. The third-order valence-electron chi connectivity index (χ3n) is 5.18. The Morgan fingerprint density at radius 2 is 2.00 bits per heavy atom. The second kappa shape index (κ2) is 7.60. The molecular formula is C20H22FN3O5S. The predicted molar refractivity (Wildman–Crippen MR) is 113 cm³/mol. The Bertz CT molecular complexity index is 1270. The van der Waals surface area contributed by atoms with Crippen molar-refractivity contribution in [1.29, 1.82) is 0 Å². The Kier molecular flexibility index (Phi) is 5.46. The number of aliphatic carboxylic acids is 1. The fourth-order valence-corrected chi connectivity index (χ4v) is 4.41. The fraction of sp³-hybridized carbons (Fsp3) is 0.350. The molecule has 0 atom stereocenters. The number of halogens is 1. The molecular weight excluding hydrogens is 413 g/mol. The van der Waals surface area contributed by atoms with Crippen LogP contribution in [0, 0.1) is 12.7 Å². The number of nitrogens with zero attached hydrogens (tertiary/aromatic N) is 2. The standard InChI is InChI=1S/C20H22FN3O5S/c1-10-14-16(25)24(20(2,3)18(26)27)19(28)23(17(14)30-15(10)22)8-7-11-9-12(21)5-6-13(11)29-4/h5-6,9H,7-8,22H2,1-4H3,(H,26,27). The number of benzene rings is 1. The molecule has 0 saturated heterocycles. The molecule has 0 saturated carbocycles. The van der Waals surface area contributed by atoms with E-state index in [4.69, 9.17) is 10.5 Å². The number of aryl methyl sites for hydroxylation is 3. The van der Waals surface area contributed by atoms with Gasteiger partial charge < -0.3 is 15.6 Å². The molecule has 30 heavy (non-hydrogen) atoms. The number of rotatable bonds is 6. The summed E-state index contributed by atoms with van der Waals surface area (Å²) >= 11 is 1.08. The molecule has 0 radical (unpaired) electrons. The number of nitrogen functional groups attached to an aromatic ring is 1. The first-order valence-electron chi connectivity index (χ1n) is 9.11. The second-order valence-corrected chi connectivity index (χ2v) is 8.45. The van der Waals surface area contributed by atoms with Crippen LogP contribution >= 0.6 is 11.3 Å². The molecule has 0 amide bonds. The minimum atomic E-state index is -1.77. The van der Waals surface area contributed by atoms with Crippen LogP contribution in [-0.4, -0.2) is 27.3 Å². The first kappa shape index (κ1) is 21.6. The molecule has 0 aliphatic carbocycles. The summed E-state index contributed by atoms with van der Waals surface area (Å²) < 4.78 is 21.0. The Balaban J connectivity index is 2.26. The number of carbonyl (C=O) groups is 1. The van der Waals surface area contributed by atoms with Gasteiger partial charge in [0.15, 0.2) is 0 Å². The van der Waals surface area contributed by atoms with Crippen LogP contribution in [0.5, 0.6) is 5.75 Å². The van der Waals surface area contributed by atoms with Crippen molar-refractivity contribution in [2.45, 2.75) is 39.3 Å². The van der Waals surface area contributed by atoms with Crippen molar-refractivity contribution in [1.82, 2.24) is 9.13 Å². The highest BCUT2D eigenvalue weighted by molar-refractivity contribution is 7.22. The van der Waals surface area contributed by atoms with Gasteiger partial charge in [-0.1, -0.05) is 11.3 Å². The molecule has 10 heteroatoms. The van der Waals surface area contributed by atoms with E-state index in [2.05, 4.69) is 0 Å². The van der Waals surface area contributed by atoms with Gasteiger partial charge in [0.25, 0.3) is 5.56 Å². The van der Waals surface area contributed by atoms with Crippen LogP contribution in [0.25, 0.3) is 10.2 Å². The van der Waals surface area contributed by atoms with Crippen LogP contribution in [0.3, 0.4) is 0 Å². The van der Waals surface area contributed by atoms with E-state index in [1.54, 1.807) is 6.92 Å². The highest BCUT2D eigenvalue weighted by Crippen LogP contribution is 2.31. The topological polar surface area (TPSA) is 117 Å². The lowest BCUT2D eigenvalue weighted by atomic mass is 10.1. The number of hydrogen-bond donors (Lipinski definition) is 2. The zero-order chi connectivity index (χ0) is 22.4. The summed E-state index contributed by atoms with van der Waals surface area (Å²) in [6.07, 6.45) is 0.221. The molecule has 0 fully saturated rings. The highest BCUT2D eigenvalue weighted by Gasteiger charge is 2.35. The van der Waals surface area contributed by atoms with Gasteiger partial charge >= 0.3 is 11.7 Å². The maximum Gasteiger partial charge on any atom is 0.333 e. The van der Waals surface area contributed by atoms with Gasteiger partial charge in [-0.3, -0.25) is 9.36 Å². The maximum absolute atomic E-state index is 13.7. The van der Waals surface area contributed by atoms with E-state index >= 15 is 0 Å². The predicted octanol–water partition coefficient (Wildman–Crippen LogP) is 2.33. The van der Waals surface area contributed by atoms with Crippen molar-refractivity contribution in [3.8, 4) is 5.75 Å². The molecule has 3 rings (SSSR count). The van der Waals surface area contributed by atoms with Gasteiger partial charge in [0.2, 0.25) is 0 Å². The lowest BCUT2D eigenvalue weighted by Gasteiger charge is -2.23. The summed E-state index contributed by atoms with van der Waals surface area (Å²) in [5.74, 6) is -1.31. The summed E-state index contributed by atoms with van der Waals surface area (Å²) in [4.78, 5) is 38.4. The minimum absolute atomic E-state index is 0.0739. The van der Waals surface area contributed by atoms with E-state index < -0.39 is 28.6 Å². The summed E-state index contributed by atoms with van der Waals surface area (Å²) in [6, 6.07) is 4.07. The molecule has 0 unspecified atom stereocenters. The van der Waals surface area contributed by atoms with E-state index in [9.17, 15) is 23.9 Å². The average Bonchev–Trinajstić information content (AvgIpc) is 2.96. The van der Waals surface area contributed by atoms with Crippen LogP contribution in [-0.2, 0) is 23.3 Å². The molecule has 3 N–H and O–H groups in total. The van der Waals surface area contributed by atoms with Gasteiger partial charge in [0.1, 0.15) is 21.9 Å². The van der Waals surface area contributed by atoms with E-state index in [-0.39, 0.29) is 18.4 Å². The van der Waals surface area contributed by atoms with Crippen LogP contribution in [0.4, 0.5) is 9.39 Å². The van der Waals surface area contributed by atoms with Gasteiger partial charge in [-0.25, -0.2) is 18.5 Å². The summed E-state index contributed by atoms with van der Waals surface area (Å²) in [5, 5.41) is 10.2. The molecule has 0 bridgehead atoms. The van der Waals surface area contributed by atoms with Crippen molar-refractivity contribution >= 4 is 32.5 Å². The lowest BCUT2D eigenvalue weighted by molar-refractivity contribution is -0.146. The van der Waals surface area contributed by atoms with Crippen LogP contribution < -0.4 is 21.7 Å². The SMILES string of the molecule is COc1ccc(F)cc1CCn1c(=O)n(C(C)(C)C(=O)O)c(=O)c2c(C)c(N)sc21. The van der Waals surface area contributed by atoms with Crippen molar-refractivity contribution in [3.63, 3.8) is 0 Å². The largest absolute Gasteiger partial charge is 0.496 e. The number of methoxy groups -OCH3 is 1. The van der Waals surface area contributed by atoms with Crippen LogP contribution in [0.1, 0.15) is 25.0 Å². The zero-order valence-corrected chi connectivity index (χ0v) is 17.8. The quantitative estimate of drug-likeness (QED) is 0.614. The third kappa shape index (κ3) is 3.36. The number of nitrogens with two attached hydrogens (primary N) is 1. The summed E-state index contributed by atoms with van der Waals surface area (Å²) in [7, 11) is 1.46. The van der Waals surface area contributed by atoms with Crippen LogP contribution in [0.15, 0.2) is 27.8 Å². The van der Waals surface area contributed by atoms with Crippen LogP contribution in [0.2, 0.25) is 0 Å². The van der Waals surface area contributed by atoms with Crippen molar-refractivity contribution in [2.75, 3.05) is 12.8 Å². The van der Waals surface area contributed by atoms with E-state index in [0.29, 0.717) is 26.7 Å². The number of hydrogen-bond acceptors (Lipinski definition) is 6. The lowest BCUT2D eigenvalue weighted by Crippen LogP contribution is -2.52. The second-order valence-electron chi connectivity index (χ2n) is 7.42. The zero-order valence-electron chi connectivity index (χ0n) is 17.0. The molecule has 2 aromatic heterocycles. The monoisotopic (exact) mass is 435 g/mol. The molecule has 3 aromatic rings. The third-order valence-corrected chi connectivity index (χ3v) is 6.32. The summed E-state index contributed by atoms with van der Waals surface area (Å²) in [6.45, 7) is 4.30.